The molecule has 49 heavy (non-hydrogen) atoms. The van der Waals surface area contributed by atoms with Gasteiger partial charge in [-0.15, -0.1) is 0 Å². The quantitative estimate of drug-likeness (QED) is 0.183. The molecule has 0 fully saturated rings. The van der Waals surface area contributed by atoms with Crippen LogP contribution in [0.2, 0.25) is 0 Å². The van der Waals surface area contributed by atoms with Gasteiger partial charge in [0.05, 0.1) is 39.6 Å². The van der Waals surface area contributed by atoms with Gasteiger partial charge in [0.2, 0.25) is 0 Å². The normalized spacial score (nSPS) is 11.7. The molecule has 0 N–H and O–H groups in total. The molecule has 0 aliphatic carbocycles. The fourth-order valence-corrected chi connectivity index (χ4v) is 7.56. The maximum Gasteiger partial charge on any atom is 0.0979 e. The molecule has 0 spiro atoms. The van der Waals surface area contributed by atoms with Crippen molar-refractivity contribution in [2.45, 2.75) is 0 Å². The number of nitrogens with zero attached hydrogens (tertiary/aromatic N) is 3. The maximum atomic E-state index is 5.19. The molecule has 0 unspecified atom stereocenters. The number of fused-ring (bicyclic) bond motifs is 9. The average molecular weight is 624 g/mol. The number of hydrogen-bond acceptors (Lipinski definition) is 2. The molecule has 0 bridgehead atoms. The van der Waals surface area contributed by atoms with E-state index in [0.29, 0.717) is 0 Å². The number of para-hydroxylation sites is 3. The van der Waals surface area contributed by atoms with E-state index in [-0.39, 0.29) is 0 Å². The predicted octanol–water partition coefficient (Wildman–Crippen LogP) is 12.0. The predicted molar refractivity (Wildman–Crippen MR) is 205 cm³/mol. The lowest BCUT2D eigenvalue weighted by molar-refractivity contribution is 1.18. The fourth-order valence-electron chi connectivity index (χ4n) is 7.56. The van der Waals surface area contributed by atoms with Crippen LogP contribution in [-0.2, 0) is 0 Å². The van der Waals surface area contributed by atoms with Gasteiger partial charge in [0.15, 0.2) is 0 Å². The third-order valence-corrected chi connectivity index (χ3v) is 9.84. The first kappa shape index (κ1) is 27.5. The van der Waals surface area contributed by atoms with Crippen LogP contribution < -0.4 is 0 Å². The molecule has 0 saturated carbocycles. The Labute approximate surface area is 283 Å². The first-order valence-electron chi connectivity index (χ1n) is 16.7. The lowest BCUT2D eigenvalue weighted by Crippen LogP contribution is -1.97. The molecular weight excluding hydrogens is 595 g/mol. The van der Waals surface area contributed by atoms with E-state index in [1.54, 1.807) is 0 Å². The summed E-state index contributed by atoms with van der Waals surface area (Å²) in [6.07, 6.45) is 1.91. The van der Waals surface area contributed by atoms with Crippen LogP contribution in [0.25, 0.3) is 93.6 Å². The molecule has 10 rings (SSSR count). The van der Waals surface area contributed by atoms with Crippen LogP contribution >= 0.6 is 0 Å². The highest BCUT2D eigenvalue weighted by Crippen LogP contribution is 2.38. The van der Waals surface area contributed by atoms with Gasteiger partial charge in [-0.3, -0.25) is 4.98 Å². The minimum absolute atomic E-state index is 0.869. The molecule has 0 aliphatic rings. The van der Waals surface area contributed by atoms with Crippen LogP contribution in [-0.4, -0.2) is 14.5 Å². The summed E-state index contributed by atoms with van der Waals surface area (Å²) in [5.74, 6) is 0. The van der Waals surface area contributed by atoms with Gasteiger partial charge in [0.1, 0.15) is 0 Å². The first-order valence-corrected chi connectivity index (χ1v) is 16.7. The number of benzene rings is 8. The summed E-state index contributed by atoms with van der Waals surface area (Å²) in [5, 5.41) is 7.19. The minimum Gasteiger partial charge on any atom is -0.309 e. The van der Waals surface area contributed by atoms with Crippen molar-refractivity contribution in [1.29, 1.82) is 0 Å². The highest BCUT2D eigenvalue weighted by atomic mass is 15.0. The van der Waals surface area contributed by atoms with Crippen LogP contribution in [0.5, 0.6) is 0 Å². The van der Waals surface area contributed by atoms with Gasteiger partial charge in [0.25, 0.3) is 0 Å². The monoisotopic (exact) mass is 623 g/mol. The molecule has 0 radical (unpaired) electrons. The van der Waals surface area contributed by atoms with E-state index < -0.39 is 0 Å². The van der Waals surface area contributed by atoms with Gasteiger partial charge < -0.3 is 4.57 Å². The molecule has 3 heteroatoms. The molecule has 2 heterocycles. The largest absolute Gasteiger partial charge is 0.309 e. The van der Waals surface area contributed by atoms with Gasteiger partial charge in [0, 0.05) is 32.7 Å². The molecule has 2 aromatic heterocycles. The summed E-state index contributed by atoms with van der Waals surface area (Å²) in [5.41, 5.74) is 12.1. The van der Waals surface area contributed by atoms with E-state index in [1.165, 1.54) is 55.0 Å². The van der Waals surface area contributed by atoms with Crippen molar-refractivity contribution in [3.8, 4) is 39.2 Å². The second kappa shape index (κ2) is 11.0. The summed E-state index contributed by atoms with van der Waals surface area (Å²) in [6.45, 7) is 0. The third kappa shape index (κ3) is 4.37. The first-order chi connectivity index (χ1) is 24.3. The molecular formula is C46H29N3. The Kier molecular flexibility index (Phi) is 6.18. The SMILES string of the molecule is c1cc(-c2ccc(-c3cnc4c5ccccc5c5ccccc5c4n3)cc2)cc(-c2ccccc2-n2c3ccccc3c3ccccc32)c1. The summed E-state index contributed by atoms with van der Waals surface area (Å²) < 4.78 is 2.40. The van der Waals surface area contributed by atoms with Crippen molar-refractivity contribution in [3.63, 3.8) is 0 Å². The smallest absolute Gasteiger partial charge is 0.0979 e. The van der Waals surface area contributed by atoms with Crippen molar-refractivity contribution >= 4 is 54.4 Å². The van der Waals surface area contributed by atoms with Gasteiger partial charge in [-0.25, -0.2) is 4.98 Å². The van der Waals surface area contributed by atoms with Gasteiger partial charge in [-0.05, 0) is 51.7 Å². The van der Waals surface area contributed by atoms with Gasteiger partial charge in [-0.2, -0.15) is 0 Å². The van der Waals surface area contributed by atoms with Crippen LogP contribution in [0, 0.1) is 0 Å². The molecule has 3 nitrogen and oxygen atoms in total. The van der Waals surface area contributed by atoms with Crippen LogP contribution in [0.15, 0.2) is 176 Å². The Morgan fingerprint density at radius 1 is 0.367 bits per heavy atom. The van der Waals surface area contributed by atoms with E-state index in [2.05, 4.69) is 174 Å². The zero-order valence-corrected chi connectivity index (χ0v) is 26.6. The topological polar surface area (TPSA) is 30.7 Å². The highest BCUT2D eigenvalue weighted by molar-refractivity contribution is 6.23. The molecule has 8 aromatic carbocycles. The van der Waals surface area contributed by atoms with Gasteiger partial charge >= 0.3 is 0 Å². The minimum atomic E-state index is 0.869. The van der Waals surface area contributed by atoms with E-state index in [1.807, 2.05) is 6.20 Å². The van der Waals surface area contributed by atoms with E-state index >= 15 is 0 Å². The molecule has 0 amide bonds. The second-order valence-corrected chi connectivity index (χ2v) is 12.6. The van der Waals surface area contributed by atoms with Crippen molar-refractivity contribution in [2.24, 2.45) is 0 Å². The Hall–Kier alpha value is -6.58. The van der Waals surface area contributed by atoms with Crippen LogP contribution in [0.4, 0.5) is 0 Å². The van der Waals surface area contributed by atoms with E-state index in [0.717, 1.165) is 38.6 Å². The lowest BCUT2D eigenvalue weighted by Gasteiger charge is -2.15. The Morgan fingerprint density at radius 3 is 1.59 bits per heavy atom. The van der Waals surface area contributed by atoms with E-state index in [4.69, 9.17) is 9.97 Å². The fraction of sp³-hybridized carbons (Fsp3) is 0. The Balaban J connectivity index is 1.05. The van der Waals surface area contributed by atoms with Crippen molar-refractivity contribution in [3.05, 3.63) is 176 Å². The Morgan fingerprint density at radius 2 is 0.898 bits per heavy atom. The molecule has 0 atom stereocenters. The lowest BCUT2D eigenvalue weighted by atomic mass is 9.97. The molecule has 228 valence electrons. The zero-order chi connectivity index (χ0) is 32.3. The standard InChI is InChI=1S/C46H29N3/c1-3-19-39-35(15-1)36-16-2-4-20-40(36)46-45(39)47-29-41(48-46)31-26-24-30(25-27-31)32-12-11-13-33(28-32)34-14-5-8-21-42(34)49-43-22-9-6-17-37(43)38-18-7-10-23-44(38)49/h1-29H. The highest BCUT2D eigenvalue weighted by Gasteiger charge is 2.16. The average Bonchev–Trinajstić information content (AvgIpc) is 3.52. The summed E-state index contributed by atoms with van der Waals surface area (Å²) in [6, 6.07) is 60.6. The van der Waals surface area contributed by atoms with Crippen LogP contribution in [0.3, 0.4) is 0 Å². The summed E-state index contributed by atoms with van der Waals surface area (Å²) in [7, 11) is 0. The molecule has 0 saturated heterocycles. The molecule has 0 aliphatic heterocycles. The number of hydrogen-bond donors (Lipinski definition) is 0. The summed E-state index contributed by atoms with van der Waals surface area (Å²) >= 11 is 0. The zero-order valence-electron chi connectivity index (χ0n) is 26.6. The molecule has 10 aromatic rings. The van der Waals surface area contributed by atoms with Crippen molar-refractivity contribution in [1.82, 2.24) is 14.5 Å². The second-order valence-electron chi connectivity index (χ2n) is 12.6. The van der Waals surface area contributed by atoms with Crippen LogP contribution in [0.1, 0.15) is 0 Å². The Bertz CT molecular complexity index is 2790. The number of aromatic nitrogens is 3. The number of rotatable bonds is 4. The maximum absolute atomic E-state index is 5.19. The third-order valence-electron chi connectivity index (χ3n) is 9.84. The summed E-state index contributed by atoms with van der Waals surface area (Å²) in [4.78, 5) is 10.2. The van der Waals surface area contributed by atoms with Crippen molar-refractivity contribution < 1.29 is 0 Å². The van der Waals surface area contributed by atoms with Crippen molar-refractivity contribution in [2.75, 3.05) is 0 Å². The van der Waals surface area contributed by atoms with Gasteiger partial charge in [-0.1, -0.05) is 146 Å². The van der Waals surface area contributed by atoms with E-state index in [9.17, 15) is 0 Å².